The first-order chi connectivity index (χ1) is 16.3. The highest BCUT2D eigenvalue weighted by Crippen LogP contribution is 2.49. The Morgan fingerprint density at radius 2 is 1.79 bits per heavy atom. The summed E-state index contributed by atoms with van der Waals surface area (Å²) in [5.41, 5.74) is 3.23. The Bertz CT molecular complexity index is 1290. The van der Waals surface area contributed by atoms with Crippen LogP contribution in [-0.2, 0) is 15.3 Å². The van der Waals surface area contributed by atoms with E-state index in [1.807, 2.05) is 42.5 Å². The number of carbonyl (C=O) groups excluding carboxylic acids is 2. The zero-order chi connectivity index (χ0) is 23.9. The molecule has 1 amide bonds. The molecule has 34 heavy (non-hydrogen) atoms. The van der Waals surface area contributed by atoms with Crippen molar-refractivity contribution in [1.29, 1.82) is 0 Å². The zero-order valence-electron chi connectivity index (χ0n) is 19.0. The number of rotatable bonds is 5. The molecule has 8 heteroatoms. The van der Waals surface area contributed by atoms with Gasteiger partial charge in [-0.3, -0.25) is 14.5 Å². The molecule has 1 aliphatic heterocycles. The molecule has 0 saturated carbocycles. The van der Waals surface area contributed by atoms with Gasteiger partial charge in [0.1, 0.15) is 0 Å². The second-order valence-electron chi connectivity index (χ2n) is 9.43. The molecule has 0 spiro atoms. The van der Waals surface area contributed by atoms with E-state index in [4.69, 9.17) is 11.6 Å². The van der Waals surface area contributed by atoms with E-state index in [1.54, 1.807) is 16.7 Å². The highest BCUT2D eigenvalue weighted by atomic mass is 35.5. The van der Waals surface area contributed by atoms with Gasteiger partial charge in [0, 0.05) is 40.8 Å². The maximum absolute atomic E-state index is 13.5. The molecular formula is C26H24ClN3O2S2. The van der Waals surface area contributed by atoms with Crippen LogP contribution in [-0.4, -0.2) is 21.9 Å². The third kappa shape index (κ3) is 4.57. The van der Waals surface area contributed by atoms with Crippen LogP contribution in [0.25, 0.3) is 0 Å². The molecule has 0 unspecified atom stereocenters. The summed E-state index contributed by atoms with van der Waals surface area (Å²) >= 11 is 9.49. The monoisotopic (exact) mass is 509 g/mol. The number of allylic oxidation sites excluding steroid dienone is 2. The fourth-order valence-corrected chi connectivity index (χ4v) is 6.84. The lowest BCUT2D eigenvalue weighted by Gasteiger charge is -2.41. The van der Waals surface area contributed by atoms with Crippen LogP contribution < -0.4 is 4.90 Å². The van der Waals surface area contributed by atoms with Crippen molar-refractivity contribution in [3.63, 3.8) is 0 Å². The van der Waals surface area contributed by atoms with Crippen molar-refractivity contribution in [1.82, 2.24) is 10.2 Å². The van der Waals surface area contributed by atoms with Gasteiger partial charge in [-0.1, -0.05) is 97.1 Å². The number of aromatic nitrogens is 2. The first kappa shape index (κ1) is 23.3. The molecule has 1 atom stereocenters. The van der Waals surface area contributed by atoms with Crippen LogP contribution >= 0.6 is 34.7 Å². The van der Waals surface area contributed by atoms with Crippen molar-refractivity contribution in [2.24, 2.45) is 5.41 Å². The van der Waals surface area contributed by atoms with Crippen LogP contribution in [0.2, 0.25) is 5.02 Å². The number of hydrogen-bond donors (Lipinski definition) is 0. The van der Waals surface area contributed by atoms with E-state index in [1.165, 1.54) is 16.9 Å². The van der Waals surface area contributed by atoms with E-state index >= 15 is 0 Å². The summed E-state index contributed by atoms with van der Waals surface area (Å²) in [6.45, 7) is 4.13. The number of ketones is 1. The van der Waals surface area contributed by atoms with E-state index in [9.17, 15) is 9.59 Å². The van der Waals surface area contributed by atoms with Gasteiger partial charge in [0.25, 0.3) is 0 Å². The fraction of sp³-hybridized carbons (Fsp3) is 0.308. The molecule has 0 N–H and O–H groups in total. The van der Waals surface area contributed by atoms with Gasteiger partial charge in [0.15, 0.2) is 10.1 Å². The number of Topliss-reactive ketones (excluding diaryl/α,β-unsaturated/α-hetero) is 1. The first-order valence-electron chi connectivity index (χ1n) is 11.2. The maximum Gasteiger partial charge on any atom is 0.234 e. The molecule has 5 nitrogen and oxygen atoms in total. The molecule has 2 aliphatic rings. The average Bonchev–Trinajstić information content (AvgIpc) is 3.25. The third-order valence-corrected chi connectivity index (χ3v) is 8.67. The topological polar surface area (TPSA) is 63.2 Å². The second kappa shape index (κ2) is 9.29. The largest absolute Gasteiger partial charge is 0.294 e. The van der Waals surface area contributed by atoms with E-state index in [-0.39, 0.29) is 29.4 Å². The van der Waals surface area contributed by atoms with Crippen LogP contribution in [0.3, 0.4) is 0 Å². The van der Waals surface area contributed by atoms with Crippen LogP contribution in [0.5, 0.6) is 0 Å². The van der Waals surface area contributed by atoms with Gasteiger partial charge in [0.05, 0.1) is 0 Å². The predicted molar refractivity (Wildman–Crippen MR) is 137 cm³/mol. The van der Waals surface area contributed by atoms with Gasteiger partial charge in [-0.05, 0) is 29.0 Å². The van der Waals surface area contributed by atoms with Gasteiger partial charge in [0.2, 0.25) is 11.0 Å². The summed E-state index contributed by atoms with van der Waals surface area (Å²) in [7, 11) is 0. The van der Waals surface area contributed by atoms with Crippen molar-refractivity contribution >= 4 is 51.5 Å². The number of thioether (sulfide) groups is 1. The number of nitrogens with zero attached hydrogens (tertiary/aromatic N) is 3. The quantitative estimate of drug-likeness (QED) is 0.284. The lowest BCUT2D eigenvalue weighted by Crippen LogP contribution is -2.43. The average molecular weight is 510 g/mol. The molecule has 5 rings (SSSR count). The Balaban J connectivity index is 1.51. The number of benzene rings is 2. The Morgan fingerprint density at radius 1 is 1.06 bits per heavy atom. The molecule has 1 aromatic heterocycles. The van der Waals surface area contributed by atoms with E-state index in [0.29, 0.717) is 28.6 Å². The van der Waals surface area contributed by atoms with Crippen LogP contribution in [0.1, 0.15) is 50.2 Å². The summed E-state index contributed by atoms with van der Waals surface area (Å²) < 4.78 is 0.795. The number of hydrogen-bond acceptors (Lipinski definition) is 6. The minimum absolute atomic E-state index is 0.0788. The lowest BCUT2D eigenvalue weighted by molar-refractivity contribution is -0.121. The molecule has 0 radical (unpaired) electrons. The summed E-state index contributed by atoms with van der Waals surface area (Å²) in [5.74, 6) is 0.440. The highest BCUT2D eigenvalue weighted by molar-refractivity contribution is 8.00. The van der Waals surface area contributed by atoms with Crippen LogP contribution in [0.4, 0.5) is 5.13 Å². The van der Waals surface area contributed by atoms with Gasteiger partial charge >= 0.3 is 0 Å². The SMILES string of the molecule is CC1(C)CC(=O)C2=C(C1)N(c1nnc(SCc3ccccc3)s1)C(=O)C[C@H]2c1ccccc1Cl. The third-order valence-electron chi connectivity index (χ3n) is 6.22. The molecule has 174 valence electrons. The van der Waals surface area contributed by atoms with Crippen molar-refractivity contribution in [2.45, 2.75) is 49.1 Å². The number of halogens is 1. The Hall–Kier alpha value is -2.48. The minimum atomic E-state index is -0.337. The fourth-order valence-electron chi connectivity index (χ4n) is 4.73. The molecule has 0 bridgehead atoms. The van der Waals surface area contributed by atoms with Crippen molar-refractivity contribution < 1.29 is 9.59 Å². The summed E-state index contributed by atoms with van der Waals surface area (Å²) in [6, 6.07) is 17.7. The van der Waals surface area contributed by atoms with Crippen molar-refractivity contribution in [2.75, 3.05) is 4.90 Å². The molecule has 3 aromatic rings. The summed E-state index contributed by atoms with van der Waals surface area (Å²) in [5, 5.41) is 9.80. The van der Waals surface area contributed by atoms with Crippen molar-refractivity contribution in [3.8, 4) is 0 Å². The van der Waals surface area contributed by atoms with Gasteiger partial charge in [-0.15, -0.1) is 10.2 Å². The Labute approximate surface area is 212 Å². The smallest absolute Gasteiger partial charge is 0.234 e. The van der Waals surface area contributed by atoms with Gasteiger partial charge in [-0.25, -0.2) is 0 Å². The van der Waals surface area contributed by atoms with Gasteiger partial charge in [-0.2, -0.15) is 0 Å². The Kier molecular flexibility index (Phi) is 6.35. The molecule has 0 fully saturated rings. The maximum atomic E-state index is 13.5. The normalized spacial score (nSPS) is 20.0. The zero-order valence-corrected chi connectivity index (χ0v) is 21.3. The first-order valence-corrected chi connectivity index (χ1v) is 13.3. The van der Waals surface area contributed by atoms with Crippen LogP contribution in [0.15, 0.2) is 70.2 Å². The summed E-state index contributed by atoms with van der Waals surface area (Å²) in [4.78, 5) is 28.6. The highest BCUT2D eigenvalue weighted by Gasteiger charge is 2.45. The summed E-state index contributed by atoms with van der Waals surface area (Å²) in [6.07, 6.45) is 1.25. The number of anilines is 1. The number of carbonyl (C=O) groups is 2. The molecule has 0 saturated heterocycles. The lowest BCUT2D eigenvalue weighted by atomic mass is 9.69. The predicted octanol–water partition coefficient (Wildman–Crippen LogP) is 6.65. The van der Waals surface area contributed by atoms with Crippen molar-refractivity contribution in [3.05, 3.63) is 82.0 Å². The minimum Gasteiger partial charge on any atom is -0.294 e. The van der Waals surface area contributed by atoms with E-state index in [0.717, 1.165) is 21.4 Å². The molecule has 2 aromatic carbocycles. The molecule has 2 heterocycles. The molecular weight excluding hydrogens is 486 g/mol. The Morgan fingerprint density at radius 3 is 2.56 bits per heavy atom. The van der Waals surface area contributed by atoms with E-state index in [2.05, 4.69) is 36.2 Å². The van der Waals surface area contributed by atoms with E-state index < -0.39 is 0 Å². The second-order valence-corrected chi connectivity index (χ2v) is 12.0. The van der Waals surface area contributed by atoms with Gasteiger partial charge < -0.3 is 0 Å². The molecule has 1 aliphatic carbocycles. The number of amides is 1. The van der Waals surface area contributed by atoms with Crippen LogP contribution in [0, 0.1) is 5.41 Å². The standard InChI is InChI=1S/C26H24ClN3O2S2/c1-26(2)13-20-23(21(31)14-26)18(17-10-6-7-11-19(17)27)12-22(32)30(20)24-28-29-25(34-24)33-15-16-8-4-3-5-9-16/h3-11,18H,12-15H2,1-2H3/t18-/m0/s1.